The number of anilines is 2. The number of nitrogens with zero attached hydrogens (tertiary/aromatic N) is 5. The first kappa shape index (κ1) is 32.4. The lowest BCUT2D eigenvalue weighted by molar-refractivity contribution is -0.402. The molecule has 1 unspecified atom stereocenters. The lowest BCUT2D eigenvalue weighted by Gasteiger charge is -2.38. The zero-order valence-corrected chi connectivity index (χ0v) is 26.4. The molecule has 1 atom stereocenters. The molecule has 1 aliphatic rings. The summed E-state index contributed by atoms with van der Waals surface area (Å²) in [5, 5.41) is 32.7. The van der Waals surface area contributed by atoms with Crippen LogP contribution in [0.15, 0.2) is 113 Å². The van der Waals surface area contributed by atoms with Crippen LogP contribution in [0.4, 0.5) is 26.8 Å². The molecule has 49 heavy (non-hydrogen) atoms. The number of benzene rings is 4. The van der Waals surface area contributed by atoms with Crippen LogP contribution in [0.25, 0.3) is 27.6 Å². The Kier molecular flexibility index (Phi) is 8.79. The van der Waals surface area contributed by atoms with Gasteiger partial charge in [-0.1, -0.05) is 72.8 Å². The summed E-state index contributed by atoms with van der Waals surface area (Å²) in [5.74, 6) is -0.847. The quantitative estimate of drug-likeness (QED) is 0.0692. The molecular formula is C35H31N7O7. The van der Waals surface area contributed by atoms with Gasteiger partial charge in [0, 0.05) is 17.0 Å². The van der Waals surface area contributed by atoms with Crippen molar-refractivity contribution in [2.24, 2.45) is 5.10 Å². The molecule has 1 saturated heterocycles. The van der Waals surface area contributed by atoms with E-state index in [2.05, 4.69) is 15.8 Å². The molecule has 1 fully saturated rings. The number of urea groups is 2. The van der Waals surface area contributed by atoms with Crippen molar-refractivity contribution in [3.8, 4) is 0 Å². The number of furan rings is 1. The zero-order chi connectivity index (χ0) is 34.7. The molecule has 1 aliphatic heterocycles. The lowest BCUT2D eigenvalue weighted by Crippen LogP contribution is -2.58. The van der Waals surface area contributed by atoms with Crippen molar-refractivity contribution >= 4 is 69.1 Å². The molecule has 4 aromatic carbocycles. The van der Waals surface area contributed by atoms with Gasteiger partial charge in [0.1, 0.15) is 17.2 Å². The Bertz CT molecular complexity index is 2130. The molecule has 0 aliphatic carbocycles. The summed E-state index contributed by atoms with van der Waals surface area (Å²) in [7, 11) is 0. The maximum atomic E-state index is 14.2. The molecule has 0 spiro atoms. The summed E-state index contributed by atoms with van der Waals surface area (Å²) in [5.41, 5.74) is 1.94. The molecule has 5 aromatic rings. The van der Waals surface area contributed by atoms with E-state index < -0.39 is 47.0 Å². The van der Waals surface area contributed by atoms with Gasteiger partial charge in [-0.2, -0.15) is 10.2 Å². The Hall–Kier alpha value is -6.54. The normalized spacial score (nSPS) is 15.8. The van der Waals surface area contributed by atoms with Gasteiger partial charge in [-0.3, -0.25) is 25.0 Å². The van der Waals surface area contributed by atoms with Gasteiger partial charge in [-0.15, -0.1) is 0 Å². The highest BCUT2D eigenvalue weighted by Crippen LogP contribution is 2.40. The van der Waals surface area contributed by atoms with Crippen molar-refractivity contribution in [2.45, 2.75) is 25.6 Å². The number of nitrogens with one attached hydrogen (secondary N) is 2. The molecule has 3 N–H and O–H groups in total. The zero-order valence-electron chi connectivity index (χ0n) is 26.4. The third kappa shape index (κ3) is 6.40. The van der Waals surface area contributed by atoms with E-state index in [1.165, 1.54) is 40.3 Å². The first-order chi connectivity index (χ1) is 23.6. The smallest absolute Gasteiger partial charge is 0.401 e. The number of allylic oxidation sites excluding steroid dienone is 1. The monoisotopic (exact) mass is 661 g/mol. The van der Waals surface area contributed by atoms with E-state index >= 15 is 0 Å². The van der Waals surface area contributed by atoms with Gasteiger partial charge in [0.15, 0.2) is 6.17 Å². The van der Waals surface area contributed by atoms with E-state index in [1.807, 2.05) is 60.7 Å². The third-order valence-electron chi connectivity index (χ3n) is 8.21. The SMILES string of the molecule is CC1(C)C(N(O)C(=O)Nc2cccc3ccccc23)N(c2cccc3ccccc23)C(=O)N1CC(=O)N/N=C/C=C\c1ccc([N+](=O)[O-])o1. The molecule has 14 heteroatoms. The van der Waals surface area contributed by atoms with Gasteiger partial charge in [-0.05, 0) is 55.0 Å². The largest absolute Gasteiger partial charge is 0.433 e. The van der Waals surface area contributed by atoms with E-state index in [0.717, 1.165) is 16.2 Å². The highest BCUT2D eigenvalue weighted by molar-refractivity contribution is 6.07. The fourth-order valence-electron chi connectivity index (χ4n) is 5.89. The second-order valence-electron chi connectivity index (χ2n) is 11.7. The predicted octanol–water partition coefficient (Wildman–Crippen LogP) is 6.58. The molecule has 0 bridgehead atoms. The molecule has 2 heterocycles. The van der Waals surface area contributed by atoms with Gasteiger partial charge < -0.3 is 14.6 Å². The van der Waals surface area contributed by atoms with Gasteiger partial charge in [0.2, 0.25) is 0 Å². The molecule has 0 radical (unpaired) electrons. The summed E-state index contributed by atoms with van der Waals surface area (Å²) < 4.78 is 5.03. The maximum Gasteiger partial charge on any atom is 0.433 e. The number of carbonyl (C=O) groups is 3. The Balaban J connectivity index is 1.26. The predicted molar refractivity (Wildman–Crippen MR) is 184 cm³/mol. The molecule has 1 aromatic heterocycles. The van der Waals surface area contributed by atoms with Crippen LogP contribution in [0, 0.1) is 10.1 Å². The second-order valence-corrected chi connectivity index (χ2v) is 11.7. The molecule has 14 nitrogen and oxygen atoms in total. The lowest BCUT2D eigenvalue weighted by atomic mass is 9.99. The number of amides is 5. The van der Waals surface area contributed by atoms with E-state index in [-0.39, 0.29) is 5.76 Å². The first-order valence-corrected chi connectivity index (χ1v) is 15.1. The van der Waals surface area contributed by atoms with Gasteiger partial charge >= 0.3 is 17.9 Å². The van der Waals surface area contributed by atoms with E-state index in [9.17, 15) is 29.7 Å². The van der Waals surface area contributed by atoms with Crippen LogP contribution in [-0.2, 0) is 4.79 Å². The van der Waals surface area contributed by atoms with Crippen LogP contribution < -0.4 is 15.6 Å². The maximum absolute atomic E-state index is 14.2. The van der Waals surface area contributed by atoms with Crippen molar-refractivity contribution in [1.82, 2.24) is 15.4 Å². The molecular weight excluding hydrogens is 630 g/mol. The Morgan fingerprint density at radius 1 is 0.980 bits per heavy atom. The number of rotatable bonds is 9. The van der Waals surface area contributed by atoms with E-state index in [1.54, 1.807) is 38.1 Å². The van der Waals surface area contributed by atoms with Gasteiger partial charge in [0.05, 0.1) is 23.0 Å². The number of nitro groups is 1. The summed E-state index contributed by atoms with van der Waals surface area (Å²) >= 11 is 0. The third-order valence-corrected chi connectivity index (χ3v) is 8.21. The topological polar surface area (TPSA) is 174 Å². The van der Waals surface area contributed by atoms with Gasteiger partial charge in [0.25, 0.3) is 5.91 Å². The molecule has 6 rings (SSSR count). The summed E-state index contributed by atoms with van der Waals surface area (Å²) in [6.07, 6.45) is 2.78. The van der Waals surface area contributed by atoms with Gasteiger partial charge in [-0.25, -0.2) is 15.0 Å². The van der Waals surface area contributed by atoms with Crippen LogP contribution in [0.2, 0.25) is 0 Å². The number of hydrogen-bond acceptors (Lipinski definition) is 8. The van der Waals surface area contributed by atoms with Crippen molar-refractivity contribution in [1.29, 1.82) is 0 Å². The van der Waals surface area contributed by atoms with Crippen molar-refractivity contribution in [2.75, 3.05) is 16.8 Å². The van der Waals surface area contributed by atoms with Crippen molar-refractivity contribution in [3.63, 3.8) is 0 Å². The van der Waals surface area contributed by atoms with Crippen molar-refractivity contribution in [3.05, 3.63) is 119 Å². The number of carbonyl (C=O) groups excluding carboxylic acids is 3. The minimum Gasteiger partial charge on any atom is -0.401 e. The Labute approximate surface area is 279 Å². The van der Waals surface area contributed by atoms with Crippen LogP contribution in [0.1, 0.15) is 19.6 Å². The highest BCUT2D eigenvalue weighted by atomic mass is 16.6. The second kappa shape index (κ2) is 13.3. The van der Waals surface area contributed by atoms with Crippen LogP contribution in [0.5, 0.6) is 0 Å². The highest BCUT2D eigenvalue weighted by Gasteiger charge is 2.56. The number of hydroxylamine groups is 2. The first-order valence-electron chi connectivity index (χ1n) is 15.1. The average molecular weight is 662 g/mol. The van der Waals surface area contributed by atoms with Crippen molar-refractivity contribution < 1.29 is 28.9 Å². The molecule has 248 valence electrons. The van der Waals surface area contributed by atoms with Crippen LogP contribution in [-0.4, -0.2) is 62.5 Å². The summed E-state index contributed by atoms with van der Waals surface area (Å²) in [6.45, 7) is 2.84. The molecule has 0 saturated carbocycles. The summed E-state index contributed by atoms with van der Waals surface area (Å²) in [6, 6.07) is 26.8. The Morgan fingerprint density at radius 2 is 1.63 bits per heavy atom. The summed E-state index contributed by atoms with van der Waals surface area (Å²) in [4.78, 5) is 53.7. The van der Waals surface area contributed by atoms with Crippen LogP contribution in [0.3, 0.4) is 0 Å². The molecule has 5 amide bonds. The van der Waals surface area contributed by atoms with E-state index in [0.29, 0.717) is 21.8 Å². The number of hydrogen-bond donors (Lipinski definition) is 3. The Morgan fingerprint density at radius 3 is 2.35 bits per heavy atom. The average Bonchev–Trinajstić information content (AvgIpc) is 3.65. The minimum absolute atomic E-state index is 0.214. The standard InChI is InChI=1S/C35H31N7O7/c1-35(2)32(41(46)33(44)37-28-17-7-12-23-10-3-5-15-26(23)28)40(29-18-8-13-24-11-4-6-16-27(24)29)34(45)39(35)22-30(43)38-36-21-9-14-25-19-20-31(49-25)42(47)48/h3-21,32,46H,22H2,1-2H3,(H,37,44)(H,38,43)/b14-9-,36-21+. The minimum atomic E-state index is -1.31. The fourth-order valence-corrected chi connectivity index (χ4v) is 5.89. The fraction of sp³-hybridized carbons (Fsp3) is 0.143. The number of fused-ring (bicyclic) bond motifs is 2. The van der Waals surface area contributed by atoms with E-state index in [4.69, 9.17) is 4.42 Å². The van der Waals surface area contributed by atoms with Crippen LogP contribution >= 0.6 is 0 Å². The number of hydrazone groups is 1.